The van der Waals surface area contributed by atoms with Crippen molar-refractivity contribution >= 4 is 11.8 Å². The highest BCUT2D eigenvalue weighted by Crippen LogP contribution is 2.39. The van der Waals surface area contributed by atoms with E-state index in [-0.39, 0.29) is 29.2 Å². The Morgan fingerprint density at radius 3 is 2.45 bits per heavy atom. The summed E-state index contributed by atoms with van der Waals surface area (Å²) in [7, 11) is 1.61. The van der Waals surface area contributed by atoms with Gasteiger partial charge in [-0.15, -0.1) is 0 Å². The first-order valence-electron chi connectivity index (χ1n) is 7.53. The zero-order valence-electron chi connectivity index (χ0n) is 13.6. The molecular formula is C17H24N2O3. The first-order chi connectivity index (χ1) is 10.3. The van der Waals surface area contributed by atoms with Crippen LogP contribution in [-0.2, 0) is 16.1 Å². The Hall–Kier alpha value is -2.04. The van der Waals surface area contributed by atoms with E-state index in [4.69, 9.17) is 4.74 Å². The highest BCUT2D eigenvalue weighted by atomic mass is 16.5. The van der Waals surface area contributed by atoms with Gasteiger partial charge in [0, 0.05) is 17.6 Å². The molecule has 1 aliphatic rings. The average molecular weight is 304 g/mol. The van der Waals surface area contributed by atoms with Crippen molar-refractivity contribution in [3.63, 3.8) is 0 Å². The molecule has 0 saturated heterocycles. The summed E-state index contributed by atoms with van der Waals surface area (Å²) < 4.78 is 5.25. The lowest BCUT2D eigenvalue weighted by Gasteiger charge is -2.20. The zero-order chi connectivity index (χ0) is 16.3. The summed E-state index contributed by atoms with van der Waals surface area (Å²) in [4.78, 5) is 24.1. The molecule has 2 unspecified atom stereocenters. The third-order valence-electron chi connectivity index (χ3n) is 3.61. The van der Waals surface area contributed by atoms with Crippen molar-refractivity contribution in [2.75, 3.05) is 7.11 Å². The number of carbonyl (C=O) groups is 2. The van der Waals surface area contributed by atoms with Gasteiger partial charge < -0.3 is 15.4 Å². The molecule has 5 nitrogen and oxygen atoms in total. The molecule has 1 aromatic rings. The van der Waals surface area contributed by atoms with Crippen LogP contribution < -0.4 is 15.4 Å². The van der Waals surface area contributed by atoms with Crippen LogP contribution in [0.25, 0.3) is 0 Å². The molecule has 2 rings (SSSR count). The predicted molar refractivity (Wildman–Crippen MR) is 84.3 cm³/mol. The van der Waals surface area contributed by atoms with E-state index in [2.05, 4.69) is 10.6 Å². The predicted octanol–water partition coefficient (Wildman–Crippen LogP) is 1.86. The molecule has 22 heavy (non-hydrogen) atoms. The van der Waals surface area contributed by atoms with E-state index in [0.29, 0.717) is 13.0 Å². The van der Waals surface area contributed by atoms with Crippen LogP contribution in [0, 0.1) is 11.8 Å². The quantitative estimate of drug-likeness (QED) is 0.872. The smallest absolute Gasteiger partial charge is 0.224 e. The Kier molecular flexibility index (Phi) is 4.74. The average Bonchev–Trinajstić information content (AvgIpc) is 3.24. The molecule has 1 fully saturated rings. The van der Waals surface area contributed by atoms with E-state index >= 15 is 0 Å². The number of amides is 2. The Balaban J connectivity index is 1.83. The van der Waals surface area contributed by atoms with Crippen molar-refractivity contribution in [2.45, 2.75) is 39.3 Å². The number of benzene rings is 1. The largest absolute Gasteiger partial charge is 0.496 e. The van der Waals surface area contributed by atoms with Crippen molar-refractivity contribution in [1.29, 1.82) is 0 Å². The highest BCUT2D eigenvalue weighted by Gasteiger charge is 2.48. The lowest BCUT2D eigenvalue weighted by molar-refractivity contribution is -0.128. The number of methoxy groups -OCH3 is 1. The van der Waals surface area contributed by atoms with Crippen LogP contribution in [0.2, 0.25) is 0 Å². The Bertz CT molecular complexity index is 563. The molecule has 2 N–H and O–H groups in total. The van der Waals surface area contributed by atoms with Crippen LogP contribution in [0.15, 0.2) is 24.3 Å². The van der Waals surface area contributed by atoms with Crippen LogP contribution in [0.5, 0.6) is 5.75 Å². The standard InChI is InChI=1S/C17H24N2O3/c1-17(2,3)19-16(21)13-9-12(13)15(20)18-10-11-7-5-6-8-14(11)22-4/h5-8,12-13H,9-10H2,1-4H3,(H,18,20)(H,19,21). The maximum Gasteiger partial charge on any atom is 0.224 e. The van der Waals surface area contributed by atoms with Crippen LogP contribution in [-0.4, -0.2) is 24.5 Å². The normalized spacial score (nSPS) is 20.2. The van der Waals surface area contributed by atoms with Gasteiger partial charge in [-0.2, -0.15) is 0 Å². The molecule has 0 aliphatic heterocycles. The molecule has 0 heterocycles. The van der Waals surface area contributed by atoms with E-state index in [1.165, 1.54) is 0 Å². The first kappa shape index (κ1) is 16.3. The SMILES string of the molecule is COc1ccccc1CNC(=O)C1CC1C(=O)NC(C)(C)C. The van der Waals surface area contributed by atoms with Gasteiger partial charge in [0.1, 0.15) is 5.75 Å². The van der Waals surface area contributed by atoms with Crippen molar-refractivity contribution in [1.82, 2.24) is 10.6 Å². The summed E-state index contributed by atoms with van der Waals surface area (Å²) in [6.07, 6.45) is 0.625. The van der Waals surface area contributed by atoms with E-state index < -0.39 is 0 Å². The molecule has 1 saturated carbocycles. The van der Waals surface area contributed by atoms with Gasteiger partial charge in [0.15, 0.2) is 0 Å². The molecule has 0 spiro atoms. The van der Waals surface area contributed by atoms with Gasteiger partial charge in [-0.3, -0.25) is 9.59 Å². The van der Waals surface area contributed by atoms with Gasteiger partial charge in [0.2, 0.25) is 11.8 Å². The summed E-state index contributed by atoms with van der Waals surface area (Å²) in [6.45, 7) is 6.21. The molecule has 2 atom stereocenters. The monoisotopic (exact) mass is 304 g/mol. The van der Waals surface area contributed by atoms with Crippen molar-refractivity contribution in [3.8, 4) is 5.75 Å². The van der Waals surface area contributed by atoms with E-state index in [9.17, 15) is 9.59 Å². The van der Waals surface area contributed by atoms with Crippen LogP contribution >= 0.6 is 0 Å². The lowest BCUT2D eigenvalue weighted by Crippen LogP contribution is -2.42. The summed E-state index contributed by atoms with van der Waals surface area (Å²) in [5.41, 5.74) is 0.660. The number of hydrogen-bond donors (Lipinski definition) is 2. The maximum absolute atomic E-state index is 12.1. The van der Waals surface area contributed by atoms with Gasteiger partial charge in [0.25, 0.3) is 0 Å². The van der Waals surface area contributed by atoms with Crippen molar-refractivity contribution in [3.05, 3.63) is 29.8 Å². The molecule has 0 bridgehead atoms. The minimum Gasteiger partial charge on any atom is -0.496 e. The van der Waals surface area contributed by atoms with Crippen LogP contribution in [0.1, 0.15) is 32.8 Å². The minimum absolute atomic E-state index is 0.0371. The molecule has 2 amide bonds. The Labute approximate surface area is 131 Å². The van der Waals surface area contributed by atoms with Gasteiger partial charge in [-0.25, -0.2) is 0 Å². The van der Waals surface area contributed by atoms with Gasteiger partial charge in [-0.1, -0.05) is 18.2 Å². The number of hydrogen-bond acceptors (Lipinski definition) is 3. The second kappa shape index (κ2) is 6.38. The fraction of sp³-hybridized carbons (Fsp3) is 0.529. The second-order valence-electron chi connectivity index (χ2n) is 6.72. The Morgan fingerprint density at radius 1 is 1.18 bits per heavy atom. The fourth-order valence-electron chi connectivity index (χ4n) is 2.40. The molecular weight excluding hydrogens is 280 g/mol. The van der Waals surface area contributed by atoms with Gasteiger partial charge >= 0.3 is 0 Å². The van der Waals surface area contributed by atoms with Crippen molar-refractivity contribution < 1.29 is 14.3 Å². The minimum atomic E-state index is -0.266. The second-order valence-corrected chi connectivity index (χ2v) is 6.72. The number of ether oxygens (including phenoxy) is 1. The van der Waals surface area contributed by atoms with Crippen molar-refractivity contribution in [2.24, 2.45) is 11.8 Å². The summed E-state index contributed by atoms with van der Waals surface area (Å²) in [5, 5.41) is 5.80. The Morgan fingerprint density at radius 2 is 1.82 bits per heavy atom. The number of nitrogens with one attached hydrogen (secondary N) is 2. The van der Waals surface area contributed by atoms with E-state index in [1.807, 2.05) is 45.0 Å². The number of carbonyl (C=O) groups excluding carboxylic acids is 2. The fourth-order valence-corrected chi connectivity index (χ4v) is 2.40. The summed E-state index contributed by atoms with van der Waals surface area (Å²) in [5.74, 6) is 0.236. The van der Waals surface area contributed by atoms with Crippen LogP contribution in [0.3, 0.4) is 0 Å². The summed E-state index contributed by atoms with van der Waals surface area (Å²) >= 11 is 0. The third-order valence-corrected chi connectivity index (χ3v) is 3.61. The molecule has 0 aromatic heterocycles. The van der Waals surface area contributed by atoms with Crippen LogP contribution in [0.4, 0.5) is 0 Å². The zero-order valence-corrected chi connectivity index (χ0v) is 13.6. The first-order valence-corrected chi connectivity index (χ1v) is 7.53. The van der Waals surface area contributed by atoms with Gasteiger partial charge in [-0.05, 0) is 33.3 Å². The number of rotatable bonds is 5. The molecule has 120 valence electrons. The molecule has 0 radical (unpaired) electrons. The molecule has 1 aromatic carbocycles. The van der Waals surface area contributed by atoms with Gasteiger partial charge in [0.05, 0.1) is 18.9 Å². The lowest BCUT2D eigenvalue weighted by atomic mass is 10.1. The topological polar surface area (TPSA) is 67.4 Å². The third kappa shape index (κ3) is 4.23. The molecule has 5 heteroatoms. The van der Waals surface area contributed by atoms with E-state index in [1.54, 1.807) is 7.11 Å². The summed E-state index contributed by atoms with van der Waals surface area (Å²) in [6, 6.07) is 7.56. The highest BCUT2D eigenvalue weighted by molar-refractivity contribution is 5.92. The number of para-hydroxylation sites is 1. The molecule has 1 aliphatic carbocycles. The van der Waals surface area contributed by atoms with E-state index in [0.717, 1.165) is 11.3 Å². The maximum atomic E-state index is 12.1.